The Morgan fingerprint density at radius 2 is 1.40 bits per heavy atom. The predicted octanol–water partition coefficient (Wildman–Crippen LogP) is 5.32. The molecular formula is C33H40F5N5O4S. The number of fused-ring (bicyclic) bond motifs is 1. The summed E-state index contributed by atoms with van der Waals surface area (Å²) < 4.78 is 107. The number of nitrogens with zero attached hydrogens (tertiary/aromatic N) is 5. The van der Waals surface area contributed by atoms with Crippen LogP contribution in [-0.2, 0) is 9.84 Å². The molecule has 0 unspecified atom stereocenters. The van der Waals surface area contributed by atoms with Crippen molar-refractivity contribution in [2.45, 2.75) is 60.8 Å². The Morgan fingerprint density at radius 1 is 0.833 bits per heavy atom. The van der Waals surface area contributed by atoms with Gasteiger partial charge in [0, 0.05) is 75.1 Å². The zero-order valence-corrected chi connectivity index (χ0v) is 27.8. The molecule has 262 valence electrons. The highest BCUT2D eigenvalue weighted by molar-refractivity contribution is 7.91. The molecule has 3 aliphatic rings. The highest BCUT2D eigenvalue weighted by atomic mass is 32.2. The van der Waals surface area contributed by atoms with Gasteiger partial charge in [-0.3, -0.25) is 14.8 Å². The van der Waals surface area contributed by atoms with Gasteiger partial charge < -0.3 is 19.3 Å². The number of hydrogen-bond donors (Lipinski definition) is 0. The van der Waals surface area contributed by atoms with E-state index in [0.29, 0.717) is 32.0 Å². The van der Waals surface area contributed by atoms with Crippen molar-refractivity contribution in [2.75, 3.05) is 70.9 Å². The Morgan fingerprint density at radius 3 is 1.92 bits per heavy atom. The number of likely N-dealkylation sites (tertiary alicyclic amines) is 1. The predicted molar refractivity (Wildman–Crippen MR) is 170 cm³/mol. The Labute approximate surface area is 277 Å². The number of piperazine rings is 1. The van der Waals surface area contributed by atoms with E-state index in [1.54, 1.807) is 4.90 Å². The van der Waals surface area contributed by atoms with Crippen molar-refractivity contribution >= 4 is 26.4 Å². The highest BCUT2D eigenvalue weighted by Crippen LogP contribution is 2.41. The van der Waals surface area contributed by atoms with Gasteiger partial charge in [-0.2, -0.15) is 0 Å². The second kappa shape index (κ2) is 13.9. The number of hydrogen-bond acceptors (Lipinski definition) is 9. The molecule has 2 aromatic carbocycles. The molecule has 1 aromatic heterocycles. The summed E-state index contributed by atoms with van der Waals surface area (Å²) in [5.41, 5.74) is 0.237. The van der Waals surface area contributed by atoms with E-state index in [2.05, 4.69) is 31.3 Å². The van der Waals surface area contributed by atoms with E-state index in [4.69, 9.17) is 4.74 Å². The number of pyridine rings is 1. The van der Waals surface area contributed by atoms with Crippen molar-refractivity contribution in [3.63, 3.8) is 0 Å². The van der Waals surface area contributed by atoms with Gasteiger partial charge in [0.2, 0.25) is 9.84 Å². The third-order valence-electron chi connectivity index (χ3n) is 9.94. The number of alkyl halides is 3. The summed E-state index contributed by atoms with van der Waals surface area (Å²) in [7, 11) is -3.70. The first-order valence-corrected chi connectivity index (χ1v) is 17.8. The van der Waals surface area contributed by atoms with Gasteiger partial charge in [0.15, 0.2) is 0 Å². The molecule has 0 aliphatic carbocycles. The number of benzene rings is 2. The molecule has 48 heavy (non-hydrogen) atoms. The molecule has 0 spiro atoms. The molecule has 3 fully saturated rings. The van der Waals surface area contributed by atoms with E-state index in [0.717, 1.165) is 76.3 Å². The Kier molecular flexibility index (Phi) is 10.0. The molecule has 15 heteroatoms. The van der Waals surface area contributed by atoms with Gasteiger partial charge in [-0.15, -0.1) is 13.2 Å². The Bertz CT molecular complexity index is 1700. The number of halogens is 5. The minimum absolute atomic E-state index is 0.0314. The molecule has 3 saturated heterocycles. The van der Waals surface area contributed by atoms with Gasteiger partial charge in [0.1, 0.15) is 32.9 Å². The molecule has 0 amide bonds. The van der Waals surface area contributed by atoms with Gasteiger partial charge in [0.05, 0.1) is 18.3 Å². The topological polar surface area (TPSA) is 78.5 Å². The molecule has 0 N–H and O–H groups in total. The van der Waals surface area contributed by atoms with Crippen LogP contribution in [0.25, 0.3) is 10.9 Å². The van der Waals surface area contributed by atoms with Crippen LogP contribution in [0.2, 0.25) is 0 Å². The van der Waals surface area contributed by atoms with Gasteiger partial charge in [-0.1, -0.05) is 6.92 Å². The number of methoxy groups -OCH3 is 1. The lowest BCUT2D eigenvalue weighted by Gasteiger charge is -2.46. The minimum atomic E-state index is -4.99. The number of sulfone groups is 1. The van der Waals surface area contributed by atoms with Crippen LogP contribution in [0.3, 0.4) is 0 Å². The molecule has 3 aliphatic heterocycles. The Balaban J connectivity index is 1.27. The molecule has 6 rings (SSSR count). The molecule has 0 bridgehead atoms. The average molecular weight is 698 g/mol. The van der Waals surface area contributed by atoms with E-state index < -0.39 is 43.4 Å². The second-order valence-corrected chi connectivity index (χ2v) is 14.4. The van der Waals surface area contributed by atoms with Gasteiger partial charge in [-0.05, 0) is 63.5 Å². The van der Waals surface area contributed by atoms with Crippen LogP contribution in [0, 0.1) is 11.6 Å². The smallest absolute Gasteiger partial charge is 0.497 e. The summed E-state index contributed by atoms with van der Waals surface area (Å²) in [6.45, 7) is 10.1. The molecule has 9 nitrogen and oxygen atoms in total. The summed E-state index contributed by atoms with van der Waals surface area (Å²) >= 11 is 0. The van der Waals surface area contributed by atoms with E-state index in [1.807, 2.05) is 0 Å². The summed E-state index contributed by atoms with van der Waals surface area (Å²) in [6, 6.07) is 5.81. The fourth-order valence-electron chi connectivity index (χ4n) is 7.40. The Hall–Kier alpha value is -3.27. The van der Waals surface area contributed by atoms with Crippen LogP contribution < -0.4 is 14.4 Å². The SMILES string of the molecule is CCN1CCC(N2CCN(C3CCN(c4c(S(=O)(=O)c5c(F)cc(OC)cc5F)cnc5ccc(OC(F)(F)F)cc45)CC3)CC2)CC1. The fraction of sp³-hybridized carbons (Fsp3) is 0.545. The van der Waals surface area contributed by atoms with Crippen LogP contribution >= 0.6 is 0 Å². The maximum atomic E-state index is 15.2. The molecule has 0 radical (unpaired) electrons. The zero-order valence-electron chi connectivity index (χ0n) is 27.0. The van der Waals surface area contributed by atoms with Crippen LogP contribution in [0.1, 0.15) is 32.6 Å². The third-order valence-corrected chi connectivity index (χ3v) is 11.7. The highest BCUT2D eigenvalue weighted by Gasteiger charge is 2.36. The fourth-order valence-corrected chi connectivity index (χ4v) is 8.94. The summed E-state index contributed by atoms with van der Waals surface area (Å²) in [5.74, 6) is -3.50. The number of piperidine rings is 2. The van der Waals surface area contributed by atoms with Gasteiger partial charge in [-0.25, -0.2) is 17.2 Å². The maximum absolute atomic E-state index is 15.2. The average Bonchev–Trinajstić information content (AvgIpc) is 3.06. The standard InChI is InChI=1S/C33H40F5N5O4S/c1-3-40-10-6-22(7-11-40)41-14-16-42(17-15-41)23-8-12-43(13-9-23)31-26-18-24(47-33(36,37)38)4-5-29(26)39-21-30(31)48(44,45)32-27(34)19-25(46-2)20-28(32)35/h4-5,18-23H,3,6-17H2,1-2H3. The third kappa shape index (κ3) is 7.19. The van der Waals surface area contributed by atoms with Crippen molar-refractivity contribution in [3.8, 4) is 11.5 Å². The molecular weight excluding hydrogens is 657 g/mol. The molecule has 0 saturated carbocycles. The zero-order chi connectivity index (χ0) is 34.2. The lowest BCUT2D eigenvalue weighted by Crippen LogP contribution is -2.56. The molecule has 0 atom stereocenters. The lowest BCUT2D eigenvalue weighted by molar-refractivity contribution is -0.274. The van der Waals surface area contributed by atoms with Crippen LogP contribution in [0.4, 0.5) is 27.6 Å². The van der Waals surface area contributed by atoms with Gasteiger partial charge in [0.25, 0.3) is 0 Å². The quantitative estimate of drug-likeness (QED) is 0.291. The van der Waals surface area contributed by atoms with Crippen molar-refractivity contribution in [1.29, 1.82) is 0 Å². The minimum Gasteiger partial charge on any atom is -0.497 e. The summed E-state index contributed by atoms with van der Waals surface area (Å²) in [5, 5.41) is 0.0633. The second-order valence-electron chi connectivity index (χ2n) is 12.6. The molecule has 3 aromatic rings. The largest absolute Gasteiger partial charge is 0.573 e. The van der Waals surface area contributed by atoms with E-state index in [9.17, 15) is 21.6 Å². The first-order chi connectivity index (χ1) is 22.9. The summed E-state index contributed by atoms with van der Waals surface area (Å²) in [6.07, 6.45) is -0.286. The molecule has 4 heterocycles. The number of ether oxygens (including phenoxy) is 2. The van der Waals surface area contributed by atoms with E-state index >= 15 is 8.78 Å². The lowest BCUT2D eigenvalue weighted by atomic mass is 9.99. The van der Waals surface area contributed by atoms with Crippen molar-refractivity contribution in [3.05, 3.63) is 48.2 Å². The number of anilines is 1. The monoisotopic (exact) mass is 697 g/mol. The van der Waals surface area contributed by atoms with Crippen molar-refractivity contribution in [2.24, 2.45) is 0 Å². The van der Waals surface area contributed by atoms with Gasteiger partial charge >= 0.3 is 6.36 Å². The van der Waals surface area contributed by atoms with Crippen LogP contribution in [0.5, 0.6) is 11.5 Å². The van der Waals surface area contributed by atoms with Crippen LogP contribution in [0.15, 0.2) is 46.3 Å². The maximum Gasteiger partial charge on any atom is 0.573 e. The first kappa shape index (κ1) is 34.6. The van der Waals surface area contributed by atoms with Crippen LogP contribution in [-0.4, -0.2) is 113 Å². The number of rotatable bonds is 8. The van der Waals surface area contributed by atoms with E-state index in [-0.39, 0.29) is 28.4 Å². The van der Waals surface area contributed by atoms with E-state index in [1.165, 1.54) is 26.0 Å². The summed E-state index contributed by atoms with van der Waals surface area (Å²) in [4.78, 5) is 11.8. The normalized spacial score (nSPS) is 20.0. The van der Waals surface area contributed by atoms with Crippen molar-refractivity contribution < 1.29 is 39.8 Å². The first-order valence-electron chi connectivity index (χ1n) is 16.3. The number of aromatic nitrogens is 1. The van der Waals surface area contributed by atoms with Crippen molar-refractivity contribution in [1.82, 2.24) is 19.7 Å².